The SMILES string of the molecule is Nc1cccnc1C(=O)N1CCCC1c1cccs1. The van der Waals surface area contributed by atoms with Gasteiger partial charge in [-0.1, -0.05) is 6.07 Å². The molecule has 2 N–H and O–H groups in total. The maximum atomic E-state index is 12.6. The lowest BCUT2D eigenvalue weighted by Gasteiger charge is -2.23. The van der Waals surface area contributed by atoms with Gasteiger partial charge in [-0.15, -0.1) is 11.3 Å². The van der Waals surface area contributed by atoms with Crippen LogP contribution in [0, 0.1) is 0 Å². The van der Waals surface area contributed by atoms with Crippen molar-refractivity contribution in [1.82, 2.24) is 9.88 Å². The summed E-state index contributed by atoms with van der Waals surface area (Å²) in [5, 5.41) is 2.05. The molecule has 3 heterocycles. The highest BCUT2D eigenvalue weighted by atomic mass is 32.1. The highest BCUT2D eigenvalue weighted by Crippen LogP contribution is 2.35. The minimum Gasteiger partial charge on any atom is -0.397 e. The quantitative estimate of drug-likeness (QED) is 0.915. The van der Waals surface area contributed by atoms with E-state index in [1.165, 1.54) is 4.88 Å². The van der Waals surface area contributed by atoms with Gasteiger partial charge >= 0.3 is 0 Å². The van der Waals surface area contributed by atoms with Crippen LogP contribution in [0.3, 0.4) is 0 Å². The average Bonchev–Trinajstić information content (AvgIpc) is 3.09. The van der Waals surface area contributed by atoms with Gasteiger partial charge in [0.05, 0.1) is 11.7 Å². The predicted octanol–water partition coefficient (Wildman–Crippen LogP) is 2.70. The summed E-state index contributed by atoms with van der Waals surface area (Å²) in [5.74, 6) is -0.0611. The van der Waals surface area contributed by atoms with Gasteiger partial charge in [0.1, 0.15) is 0 Å². The molecule has 1 saturated heterocycles. The van der Waals surface area contributed by atoms with E-state index in [4.69, 9.17) is 5.73 Å². The zero-order valence-corrected chi connectivity index (χ0v) is 11.3. The number of nitrogen functional groups attached to an aromatic ring is 1. The first-order valence-electron chi connectivity index (χ1n) is 6.32. The minimum absolute atomic E-state index is 0.0611. The largest absolute Gasteiger partial charge is 0.397 e. The Morgan fingerprint density at radius 1 is 1.42 bits per heavy atom. The Bertz CT molecular complexity index is 582. The van der Waals surface area contributed by atoms with Crippen molar-refractivity contribution in [3.05, 3.63) is 46.4 Å². The number of anilines is 1. The summed E-state index contributed by atoms with van der Waals surface area (Å²) in [4.78, 5) is 19.8. The summed E-state index contributed by atoms with van der Waals surface area (Å²) < 4.78 is 0. The summed E-state index contributed by atoms with van der Waals surface area (Å²) in [6.07, 6.45) is 3.65. The van der Waals surface area contributed by atoms with Gasteiger partial charge in [-0.2, -0.15) is 0 Å². The molecule has 0 aliphatic carbocycles. The van der Waals surface area contributed by atoms with Crippen LogP contribution >= 0.6 is 11.3 Å². The van der Waals surface area contributed by atoms with Crippen LogP contribution in [0.15, 0.2) is 35.8 Å². The van der Waals surface area contributed by atoms with E-state index in [2.05, 4.69) is 11.1 Å². The zero-order valence-electron chi connectivity index (χ0n) is 10.5. The molecule has 1 atom stereocenters. The Kier molecular flexibility index (Phi) is 3.21. The molecule has 0 saturated carbocycles. The van der Waals surface area contributed by atoms with Crippen LogP contribution in [-0.4, -0.2) is 22.3 Å². The highest BCUT2D eigenvalue weighted by Gasteiger charge is 2.32. The van der Waals surface area contributed by atoms with Gasteiger partial charge in [0.2, 0.25) is 0 Å². The third-order valence-corrected chi connectivity index (χ3v) is 4.40. The number of thiophene rings is 1. The molecule has 1 unspecified atom stereocenters. The average molecular weight is 273 g/mol. The number of nitrogens with two attached hydrogens (primary N) is 1. The van der Waals surface area contributed by atoms with E-state index >= 15 is 0 Å². The van der Waals surface area contributed by atoms with Gasteiger partial charge in [-0.25, -0.2) is 4.98 Å². The number of hydrogen-bond acceptors (Lipinski definition) is 4. The third kappa shape index (κ3) is 2.21. The van der Waals surface area contributed by atoms with E-state index in [1.807, 2.05) is 16.3 Å². The van der Waals surface area contributed by atoms with Crippen molar-refractivity contribution in [2.45, 2.75) is 18.9 Å². The molecule has 5 heteroatoms. The van der Waals surface area contributed by atoms with E-state index in [1.54, 1.807) is 29.7 Å². The number of hydrogen-bond donors (Lipinski definition) is 1. The summed E-state index contributed by atoms with van der Waals surface area (Å²) >= 11 is 1.70. The topological polar surface area (TPSA) is 59.2 Å². The van der Waals surface area contributed by atoms with Crippen molar-refractivity contribution in [3.8, 4) is 0 Å². The van der Waals surface area contributed by atoms with Crippen molar-refractivity contribution >= 4 is 22.9 Å². The fraction of sp³-hybridized carbons (Fsp3) is 0.286. The van der Waals surface area contributed by atoms with Crippen LogP contribution in [0.1, 0.15) is 34.2 Å². The number of amides is 1. The Morgan fingerprint density at radius 3 is 3.05 bits per heavy atom. The van der Waals surface area contributed by atoms with Gasteiger partial charge < -0.3 is 10.6 Å². The van der Waals surface area contributed by atoms with Gasteiger partial charge in [-0.05, 0) is 36.4 Å². The third-order valence-electron chi connectivity index (χ3n) is 3.43. The molecule has 0 bridgehead atoms. The van der Waals surface area contributed by atoms with Crippen LogP contribution in [0.2, 0.25) is 0 Å². The molecule has 1 amide bonds. The number of carbonyl (C=O) groups is 1. The molecule has 3 rings (SSSR count). The molecule has 1 fully saturated rings. The maximum Gasteiger partial charge on any atom is 0.275 e. The molecule has 0 aromatic carbocycles. The Morgan fingerprint density at radius 2 is 2.32 bits per heavy atom. The van der Waals surface area contributed by atoms with E-state index in [0.717, 1.165) is 19.4 Å². The van der Waals surface area contributed by atoms with Crippen molar-refractivity contribution < 1.29 is 4.79 Å². The number of pyridine rings is 1. The second-order valence-corrected chi connectivity index (χ2v) is 5.59. The molecule has 0 spiro atoms. The summed E-state index contributed by atoms with van der Waals surface area (Å²) in [6.45, 7) is 0.775. The van der Waals surface area contributed by atoms with Crippen molar-refractivity contribution in [2.75, 3.05) is 12.3 Å². The lowest BCUT2D eigenvalue weighted by atomic mass is 10.1. The monoisotopic (exact) mass is 273 g/mol. The first-order valence-corrected chi connectivity index (χ1v) is 7.20. The molecule has 1 aliphatic rings. The van der Waals surface area contributed by atoms with Gasteiger partial charge in [0, 0.05) is 17.6 Å². The molecule has 19 heavy (non-hydrogen) atoms. The smallest absolute Gasteiger partial charge is 0.275 e. The molecule has 0 radical (unpaired) electrons. The van der Waals surface area contributed by atoms with Gasteiger partial charge in [0.15, 0.2) is 5.69 Å². The normalized spacial score (nSPS) is 18.7. The second-order valence-electron chi connectivity index (χ2n) is 4.61. The molecular weight excluding hydrogens is 258 g/mol. The van der Waals surface area contributed by atoms with E-state index in [-0.39, 0.29) is 11.9 Å². The lowest BCUT2D eigenvalue weighted by Crippen LogP contribution is -2.31. The second kappa shape index (κ2) is 5.01. The summed E-state index contributed by atoms with van der Waals surface area (Å²) in [5.41, 5.74) is 6.66. The molecule has 1 aliphatic heterocycles. The molecule has 4 nitrogen and oxygen atoms in total. The van der Waals surface area contributed by atoms with Gasteiger partial charge in [0.25, 0.3) is 5.91 Å². The Labute approximate surface area is 115 Å². The van der Waals surface area contributed by atoms with Crippen LogP contribution in [0.5, 0.6) is 0 Å². The van der Waals surface area contributed by atoms with Crippen molar-refractivity contribution in [2.24, 2.45) is 0 Å². The van der Waals surface area contributed by atoms with E-state index < -0.39 is 0 Å². The number of nitrogens with zero attached hydrogens (tertiary/aromatic N) is 2. The number of aromatic nitrogens is 1. The predicted molar refractivity (Wildman–Crippen MR) is 76.0 cm³/mol. The van der Waals surface area contributed by atoms with Crippen LogP contribution < -0.4 is 5.73 Å². The Balaban J connectivity index is 1.89. The molecule has 98 valence electrons. The summed E-state index contributed by atoms with van der Waals surface area (Å²) in [7, 11) is 0. The lowest BCUT2D eigenvalue weighted by molar-refractivity contribution is 0.0733. The Hall–Kier alpha value is -1.88. The van der Waals surface area contributed by atoms with Crippen LogP contribution in [-0.2, 0) is 0 Å². The number of likely N-dealkylation sites (tertiary alicyclic amines) is 1. The first-order chi connectivity index (χ1) is 9.27. The number of rotatable bonds is 2. The standard InChI is InChI=1S/C14H15N3OS/c15-10-4-1-7-16-13(10)14(18)17-8-2-5-11(17)12-6-3-9-19-12/h1,3-4,6-7,9,11H,2,5,8,15H2. The van der Waals surface area contributed by atoms with E-state index in [0.29, 0.717) is 11.4 Å². The fourth-order valence-electron chi connectivity index (χ4n) is 2.52. The molecule has 2 aromatic heterocycles. The van der Waals surface area contributed by atoms with Crippen LogP contribution in [0.25, 0.3) is 0 Å². The first kappa shape index (κ1) is 12.2. The molecule has 2 aromatic rings. The zero-order chi connectivity index (χ0) is 13.2. The number of carbonyl (C=O) groups excluding carboxylic acids is 1. The fourth-order valence-corrected chi connectivity index (χ4v) is 3.39. The highest BCUT2D eigenvalue weighted by molar-refractivity contribution is 7.10. The van der Waals surface area contributed by atoms with E-state index in [9.17, 15) is 4.79 Å². The van der Waals surface area contributed by atoms with Gasteiger partial charge in [-0.3, -0.25) is 4.79 Å². The minimum atomic E-state index is -0.0611. The summed E-state index contributed by atoms with van der Waals surface area (Å²) in [6, 6.07) is 7.75. The maximum absolute atomic E-state index is 12.6. The van der Waals surface area contributed by atoms with Crippen molar-refractivity contribution in [3.63, 3.8) is 0 Å². The van der Waals surface area contributed by atoms with Crippen molar-refractivity contribution in [1.29, 1.82) is 0 Å². The van der Waals surface area contributed by atoms with Crippen LogP contribution in [0.4, 0.5) is 5.69 Å². The molecular formula is C14H15N3OS.